The molecule has 0 spiro atoms. The molecule has 0 radical (unpaired) electrons. The molecule has 0 amide bonds. The van der Waals surface area contributed by atoms with Gasteiger partial charge in [0.15, 0.2) is 5.71 Å². The Morgan fingerprint density at radius 2 is 1.59 bits per heavy atom. The Labute approximate surface area is 341 Å². The van der Waals surface area contributed by atoms with Crippen molar-refractivity contribution in [3.8, 4) is 5.75 Å². The lowest BCUT2D eigenvalue weighted by atomic mass is 9.75. The first-order valence-corrected chi connectivity index (χ1v) is 23.5. The van der Waals surface area contributed by atoms with Crippen LogP contribution in [-0.4, -0.2) is 90.4 Å². The summed E-state index contributed by atoms with van der Waals surface area (Å²) >= 11 is 0. The first-order chi connectivity index (χ1) is 26.6. The number of hydrogen-bond acceptors (Lipinski definition) is 12. The molecule has 1 unspecified atom stereocenters. The highest BCUT2D eigenvalue weighted by Gasteiger charge is 2.47. The molecule has 1 N–H and O–H groups in total. The van der Waals surface area contributed by atoms with Gasteiger partial charge in [0.25, 0.3) is 0 Å². The quantitative estimate of drug-likeness (QED) is 0.160. The third-order valence-electron chi connectivity index (χ3n) is 10.8. The number of ether oxygens (including phenoxy) is 1. The van der Waals surface area contributed by atoms with Gasteiger partial charge >= 0.3 is 5.97 Å². The van der Waals surface area contributed by atoms with E-state index in [1.165, 1.54) is 18.2 Å². The second-order valence-corrected chi connectivity index (χ2v) is 21.2. The topological polar surface area (TPSA) is 224 Å². The van der Waals surface area contributed by atoms with Gasteiger partial charge in [-0.15, -0.1) is 0 Å². The number of fused-ring (bicyclic) bond motifs is 3. The third-order valence-corrected chi connectivity index (χ3v) is 13.2. The number of aliphatic carboxylic acids is 1. The fourth-order valence-electron chi connectivity index (χ4n) is 8.02. The van der Waals surface area contributed by atoms with Crippen molar-refractivity contribution in [1.29, 1.82) is 0 Å². The van der Waals surface area contributed by atoms with Crippen LogP contribution in [0.3, 0.4) is 0 Å². The van der Waals surface area contributed by atoms with Crippen LogP contribution in [0.25, 0.3) is 11.1 Å². The SMILES string of the molecule is CC1=CC(C)(C)N(CCCS(=O)(=O)[O-])c2cc3c(cc21)C(=CC=CC1=[N+](CCCS(=O)(=O)[O-])c2ccc(S(=O)(=O)[O-])cc2C1(C)CCCC(=O)O)C=C(C(C)(C)C)O3. The Balaban J connectivity index is 1.66. The fourth-order valence-corrected chi connectivity index (χ4v) is 9.49. The molecule has 0 bridgehead atoms. The van der Waals surface area contributed by atoms with E-state index in [1.807, 2.05) is 72.8 Å². The van der Waals surface area contributed by atoms with Crippen molar-refractivity contribution in [2.45, 2.75) is 96.4 Å². The average molecular weight is 859 g/mol. The first-order valence-electron chi connectivity index (χ1n) is 18.9. The Hall–Kier alpha value is -4.13. The molecule has 2 aromatic carbocycles. The van der Waals surface area contributed by atoms with E-state index in [-0.39, 0.29) is 38.6 Å². The minimum absolute atomic E-state index is 0.0544. The smallest absolute Gasteiger partial charge is 0.303 e. The van der Waals surface area contributed by atoms with Gasteiger partial charge in [-0.1, -0.05) is 39.0 Å². The first kappa shape index (κ1) is 45.0. The molecule has 3 aliphatic rings. The van der Waals surface area contributed by atoms with Gasteiger partial charge in [-0.05, 0) is 82.4 Å². The molecule has 5 rings (SSSR count). The summed E-state index contributed by atoms with van der Waals surface area (Å²) in [5.74, 6) is -0.941. The number of carboxylic acid groups (broad SMARTS) is 1. The minimum Gasteiger partial charge on any atom is -0.748 e. The van der Waals surface area contributed by atoms with Crippen LogP contribution in [-0.2, 0) is 40.6 Å². The van der Waals surface area contributed by atoms with Gasteiger partial charge in [0, 0.05) is 76.9 Å². The molecule has 0 saturated carbocycles. The number of carboxylic acids is 1. The summed E-state index contributed by atoms with van der Waals surface area (Å²) in [7, 11) is -13.8. The highest BCUT2D eigenvalue weighted by molar-refractivity contribution is 7.86. The van der Waals surface area contributed by atoms with Gasteiger partial charge < -0.3 is 28.4 Å². The zero-order chi connectivity index (χ0) is 43.2. The number of nitrogens with zero attached hydrogens (tertiary/aromatic N) is 2. The molecule has 0 aromatic heterocycles. The van der Waals surface area contributed by atoms with Crippen LogP contribution < -0.4 is 9.64 Å². The van der Waals surface area contributed by atoms with Crippen LogP contribution in [0.2, 0.25) is 0 Å². The Morgan fingerprint density at radius 3 is 2.19 bits per heavy atom. The van der Waals surface area contributed by atoms with E-state index in [9.17, 15) is 48.8 Å². The van der Waals surface area contributed by atoms with E-state index in [1.54, 1.807) is 16.7 Å². The van der Waals surface area contributed by atoms with Crippen molar-refractivity contribution < 1.29 is 58.1 Å². The van der Waals surface area contributed by atoms with Gasteiger partial charge in [0.1, 0.15) is 28.2 Å². The van der Waals surface area contributed by atoms with Gasteiger partial charge in [-0.25, -0.2) is 25.3 Å². The van der Waals surface area contributed by atoms with Crippen LogP contribution in [0, 0.1) is 5.41 Å². The Kier molecular flexibility index (Phi) is 12.5. The number of hydrogen-bond donors (Lipinski definition) is 1. The predicted octanol–water partition coefficient (Wildman–Crippen LogP) is 6.04. The summed E-state index contributed by atoms with van der Waals surface area (Å²) in [6.07, 6.45) is 9.82. The largest absolute Gasteiger partial charge is 0.748 e. The van der Waals surface area contributed by atoms with Crippen molar-refractivity contribution in [1.82, 2.24) is 0 Å². The third kappa shape index (κ3) is 10.2. The van der Waals surface area contributed by atoms with E-state index in [0.717, 1.165) is 28.0 Å². The van der Waals surface area contributed by atoms with E-state index in [2.05, 4.69) is 11.0 Å². The summed E-state index contributed by atoms with van der Waals surface area (Å²) < 4.78 is 114. The monoisotopic (exact) mass is 858 g/mol. The molecule has 14 nitrogen and oxygen atoms in total. The number of benzene rings is 2. The zero-order valence-electron chi connectivity index (χ0n) is 33.7. The standard InChI is InChI=1S/C41H52N2O12S3/c1-27-26-40(5,6)43(19-11-21-57(49,50)51)34-25-35-31(24-30(27)34)28(22-37(55-35)39(2,3)4)12-8-13-36-41(7,17-9-14-38(44)45)32-23-29(58(52,53)54)15-16-33(32)42(36)18-10-20-56(46,47)48/h8,12-13,15-16,22-26H,9-11,14,17-21H2,1-7H3,(H3-,44,45,46,47,48,49,50,51,52,53,54)/p-2. The number of rotatable bonds is 15. The van der Waals surface area contributed by atoms with Crippen LogP contribution in [0.15, 0.2) is 71.4 Å². The molecule has 0 saturated heterocycles. The van der Waals surface area contributed by atoms with E-state index in [0.29, 0.717) is 35.0 Å². The summed E-state index contributed by atoms with van der Waals surface area (Å²) in [5.41, 5.74) is 3.81. The van der Waals surface area contributed by atoms with Crippen molar-refractivity contribution in [2.75, 3.05) is 29.5 Å². The normalized spacial score (nSPS) is 20.1. The van der Waals surface area contributed by atoms with Crippen LogP contribution in [0.1, 0.15) is 97.3 Å². The molecule has 17 heteroatoms. The molecule has 316 valence electrons. The van der Waals surface area contributed by atoms with Crippen molar-refractivity contribution in [3.05, 3.63) is 83.2 Å². The molecule has 2 aromatic rings. The highest BCUT2D eigenvalue weighted by atomic mass is 32.2. The van der Waals surface area contributed by atoms with Crippen LogP contribution >= 0.6 is 0 Å². The summed E-state index contributed by atoms with van der Waals surface area (Å²) in [6, 6.07) is 7.87. The van der Waals surface area contributed by atoms with Crippen molar-refractivity contribution >= 4 is 64.6 Å². The Morgan fingerprint density at radius 1 is 0.931 bits per heavy atom. The fraction of sp³-hybridized carbons (Fsp3) is 0.463. The molecular weight excluding hydrogens is 809 g/mol. The van der Waals surface area contributed by atoms with Gasteiger partial charge in [0.05, 0.1) is 36.1 Å². The maximum Gasteiger partial charge on any atom is 0.303 e. The van der Waals surface area contributed by atoms with E-state index < -0.39 is 69.1 Å². The maximum atomic E-state index is 12.1. The van der Waals surface area contributed by atoms with Gasteiger partial charge in [-0.2, -0.15) is 4.58 Å². The van der Waals surface area contributed by atoms with E-state index >= 15 is 0 Å². The molecular formula is C41H50N2O12S3-2. The average Bonchev–Trinajstić information content (AvgIpc) is 3.29. The number of anilines is 1. The van der Waals surface area contributed by atoms with Crippen LogP contribution in [0.4, 0.5) is 11.4 Å². The second kappa shape index (κ2) is 16.1. The highest BCUT2D eigenvalue weighted by Crippen LogP contribution is 2.48. The molecule has 3 heterocycles. The minimum atomic E-state index is -4.87. The summed E-state index contributed by atoms with van der Waals surface area (Å²) in [4.78, 5) is 13.2. The van der Waals surface area contributed by atoms with Crippen molar-refractivity contribution in [2.24, 2.45) is 5.41 Å². The second-order valence-electron chi connectivity index (χ2n) is 16.8. The molecule has 0 fully saturated rings. The lowest BCUT2D eigenvalue weighted by Gasteiger charge is -2.44. The summed E-state index contributed by atoms with van der Waals surface area (Å²) in [6.45, 7) is 14.2. The predicted molar refractivity (Wildman–Crippen MR) is 218 cm³/mol. The maximum absolute atomic E-state index is 12.1. The molecule has 58 heavy (non-hydrogen) atoms. The number of allylic oxidation sites excluding steroid dienone is 7. The van der Waals surface area contributed by atoms with Crippen molar-refractivity contribution in [3.63, 3.8) is 0 Å². The van der Waals surface area contributed by atoms with E-state index in [4.69, 9.17) is 4.74 Å². The lowest BCUT2D eigenvalue weighted by Crippen LogP contribution is -2.46. The van der Waals surface area contributed by atoms with Crippen LogP contribution in [0.5, 0.6) is 5.75 Å². The number of carbonyl (C=O) groups is 1. The Bertz CT molecular complexity index is 2510. The zero-order valence-corrected chi connectivity index (χ0v) is 36.1. The van der Waals surface area contributed by atoms with Gasteiger partial charge in [0.2, 0.25) is 5.69 Å². The molecule has 1 atom stereocenters. The molecule has 0 aliphatic carbocycles. The lowest BCUT2D eigenvalue weighted by molar-refractivity contribution is -0.437. The molecule has 3 aliphatic heterocycles. The summed E-state index contributed by atoms with van der Waals surface area (Å²) in [5, 5.41) is 9.47. The van der Waals surface area contributed by atoms with Gasteiger partial charge in [-0.3, -0.25) is 4.79 Å².